The molecule has 29 heavy (non-hydrogen) atoms. The molecule has 0 saturated heterocycles. The van der Waals surface area contributed by atoms with E-state index in [4.69, 9.17) is 14.2 Å². The molecule has 0 fully saturated rings. The molecule has 0 radical (unpaired) electrons. The maximum atomic E-state index is 11.2. The first-order chi connectivity index (χ1) is 14.1. The molecule has 1 heterocycles. The highest BCUT2D eigenvalue weighted by Gasteiger charge is 2.12. The minimum absolute atomic E-state index is 0.300. The molecule has 3 aromatic carbocycles. The number of nitrogens with zero attached hydrogens (tertiary/aromatic N) is 1. The van der Waals surface area contributed by atoms with Gasteiger partial charge in [-0.1, -0.05) is 35.6 Å². The number of para-hydroxylation sites is 1. The summed E-state index contributed by atoms with van der Waals surface area (Å²) in [5.74, 6) is 1.90. The van der Waals surface area contributed by atoms with E-state index in [1.54, 1.807) is 0 Å². The van der Waals surface area contributed by atoms with Crippen LogP contribution in [0, 0.1) is 0 Å². The summed E-state index contributed by atoms with van der Waals surface area (Å²) in [7, 11) is 0. The van der Waals surface area contributed by atoms with Crippen molar-refractivity contribution in [2.75, 3.05) is 0 Å². The second-order valence-corrected chi connectivity index (χ2v) is 7.44. The maximum Gasteiger partial charge on any atom is 0.303 e. The number of hydrogen-bond acceptors (Lipinski definition) is 6. The van der Waals surface area contributed by atoms with E-state index >= 15 is 0 Å². The van der Waals surface area contributed by atoms with E-state index in [-0.39, 0.29) is 12.1 Å². The summed E-state index contributed by atoms with van der Waals surface area (Å²) in [4.78, 5) is 15.7. The van der Waals surface area contributed by atoms with Crippen molar-refractivity contribution in [2.45, 2.75) is 20.0 Å². The van der Waals surface area contributed by atoms with E-state index in [1.165, 1.54) is 18.3 Å². The summed E-state index contributed by atoms with van der Waals surface area (Å²) in [5.41, 5.74) is 1.76. The molecule has 0 aliphatic carbocycles. The van der Waals surface area contributed by atoms with Crippen molar-refractivity contribution >= 4 is 27.5 Å². The molecule has 1 unspecified atom stereocenters. The number of thiazole rings is 1. The molecule has 1 atom stereocenters. The van der Waals surface area contributed by atoms with Gasteiger partial charge in [0.25, 0.3) is 5.19 Å². The fourth-order valence-electron chi connectivity index (χ4n) is 2.83. The summed E-state index contributed by atoms with van der Waals surface area (Å²) < 4.78 is 17.9. The first kappa shape index (κ1) is 19.0. The average Bonchev–Trinajstić information content (AvgIpc) is 3.11. The first-order valence-electron chi connectivity index (χ1n) is 9.15. The molecule has 5 nitrogen and oxygen atoms in total. The van der Waals surface area contributed by atoms with Crippen LogP contribution in [0.15, 0.2) is 72.8 Å². The standard InChI is InChI=1S/C23H19NO4S/c1-15(26-16(2)25)17-8-13-21-22(14-17)29-23(24-21)28-20-11-9-19(10-12-20)27-18-6-4-3-5-7-18/h3-15H,1-2H3. The van der Waals surface area contributed by atoms with Crippen molar-refractivity contribution < 1.29 is 19.0 Å². The minimum atomic E-state index is -0.305. The highest BCUT2D eigenvalue weighted by atomic mass is 32.1. The molecular formula is C23H19NO4S. The van der Waals surface area contributed by atoms with Crippen LogP contribution in [0.5, 0.6) is 22.4 Å². The summed E-state index contributed by atoms with van der Waals surface area (Å²) in [6.07, 6.45) is -0.305. The molecule has 0 spiro atoms. The number of carbonyl (C=O) groups excluding carboxylic acids is 1. The van der Waals surface area contributed by atoms with Crippen molar-refractivity contribution in [1.29, 1.82) is 0 Å². The van der Waals surface area contributed by atoms with Gasteiger partial charge >= 0.3 is 5.97 Å². The molecule has 0 saturated carbocycles. The summed E-state index contributed by atoms with van der Waals surface area (Å²) in [5, 5.41) is 0.550. The molecule has 146 valence electrons. The van der Waals surface area contributed by atoms with Crippen molar-refractivity contribution in [1.82, 2.24) is 4.98 Å². The molecule has 6 heteroatoms. The number of fused-ring (bicyclic) bond motifs is 1. The second-order valence-electron chi connectivity index (χ2n) is 6.45. The van der Waals surface area contributed by atoms with Gasteiger partial charge in [-0.05, 0) is 61.0 Å². The van der Waals surface area contributed by atoms with Gasteiger partial charge in [-0.15, -0.1) is 0 Å². The van der Waals surface area contributed by atoms with E-state index in [9.17, 15) is 4.79 Å². The quantitative estimate of drug-likeness (QED) is 0.343. The van der Waals surface area contributed by atoms with E-state index in [2.05, 4.69) is 4.98 Å². The summed E-state index contributed by atoms with van der Waals surface area (Å²) >= 11 is 1.44. The van der Waals surface area contributed by atoms with Gasteiger partial charge in [-0.25, -0.2) is 4.98 Å². The lowest BCUT2D eigenvalue weighted by Crippen LogP contribution is -2.04. The number of rotatable bonds is 6. The van der Waals surface area contributed by atoms with E-state index in [0.717, 1.165) is 27.3 Å². The largest absolute Gasteiger partial charge is 0.458 e. The molecule has 4 aromatic rings. The fraction of sp³-hybridized carbons (Fsp3) is 0.130. The Bertz CT molecular complexity index is 1120. The van der Waals surface area contributed by atoms with Crippen molar-refractivity contribution in [3.05, 3.63) is 78.4 Å². The smallest absolute Gasteiger partial charge is 0.303 e. The third-order valence-electron chi connectivity index (χ3n) is 4.21. The van der Waals surface area contributed by atoms with Crippen LogP contribution in [-0.4, -0.2) is 11.0 Å². The zero-order valence-electron chi connectivity index (χ0n) is 16.0. The van der Waals surface area contributed by atoms with Gasteiger partial charge in [0.05, 0.1) is 10.2 Å². The zero-order valence-corrected chi connectivity index (χ0v) is 16.8. The Labute approximate surface area is 172 Å². The highest BCUT2D eigenvalue weighted by Crippen LogP contribution is 2.34. The molecule has 4 rings (SSSR count). The third kappa shape index (κ3) is 4.73. The lowest BCUT2D eigenvalue weighted by atomic mass is 10.1. The normalized spacial score (nSPS) is 11.8. The number of benzene rings is 3. The number of hydrogen-bond donors (Lipinski definition) is 0. The van der Waals surface area contributed by atoms with Gasteiger partial charge in [0, 0.05) is 6.92 Å². The van der Waals surface area contributed by atoms with Crippen molar-refractivity contribution in [3.63, 3.8) is 0 Å². The lowest BCUT2D eigenvalue weighted by Gasteiger charge is -2.11. The number of carbonyl (C=O) groups is 1. The first-order valence-corrected chi connectivity index (χ1v) is 9.97. The van der Waals surface area contributed by atoms with Crippen LogP contribution >= 0.6 is 11.3 Å². The van der Waals surface area contributed by atoms with E-state index in [0.29, 0.717) is 10.9 Å². The van der Waals surface area contributed by atoms with Crippen molar-refractivity contribution in [2.24, 2.45) is 0 Å². The molecule has 0 bridgehead atoms. The zero-order chi connectivity index (χ0) is 20.2. The molecule has 1 aromatic heterocycles. The topological polar surface area (TPSA) is 57.7 Å². The Hall–Kier alpha value is -3.38. The van der Waals surface area contributed by atoms with Gasteiger partial charge in [-0.3, -0.25) is 4.79 Å². The highest BCUT2D eigenvalue weighted by molar-refractivity contribution is 7.20. The van der Waals surface area contributed by atoms with Gasteiger partial charge in [0.15, 0.2) is 0 Å². The van der Waals surface area contributed by atoms with Crippen LogP contribution < -0.4 is 9.47 Å². The Kier molecular flexibility index (Phi) is 5.44. The Morgan fingerprint density at radius 2 is 1.55 bits per heavy atom. The van der Waals surface area contributed by atoms with Crippen LogP contribution in [0.3, 0.4) is 0 Å². The van der Waals surface area contributed by atoms with Gasteiger partial charge in [-0.2, -0.15) is 0 Å². The van der Waals surface area contributed by atoms with Crippen LogP contribution in [0.1, 0.15) is 25.5 Å². The second kappa shape index (κ2) is 8.32. The van der Waals surface area contributed by atoms with Gasteiger partial charge < -0.3 is 14.2 Å². The van der Waals surface area contributed by atoms with Crippen LogP contribution in [0.4, 0.5) is 0 Å². The predicted octanol–water partition coefficient (Wildman–Crippen LogP) is 6.51. The molecule has 0 amide bonds. The monoisotopic (exact) mass is 405 g/mol. The van der Waals surface area contributed by atoms with Gasteiger partial charge in [0.1, 0.15) is 23.4 Å². The van der Waals surface area contributed by atoms with E-state index < -0.39 is 0 Å². The maximum absolute atomic E-state index is 11.2. The number of aromatic nitrogens is 1. The molecule has 0 aliphatic heterocycles. The van der Waals surface area contributed by atoms with Crippen LogP contribution in [0.25, 0.3) is 10.2 Å². The minimum Gasteiger partial charge on any atom is -0.458 e. The summed E-state index contributed by atoms with van der Waals surface area (Å²) in [6, 6.07) is 22.8. The molecular weight excluding hydrogens is 386 g/mol. The molecule has 0 N–H and O–H groups in total. The fourth-order valence-corrected chi connectivity index (χ4v) is 3.72. The van der Waals surface area contributed by atoms with Crippen LogP contribution in [-0.2, 0) is 9.53 Å². The van der Waals surface area contributed by atoms with Gasteiger partial charge in [0.2, 0.25) is 0 Å². The number of ether oxygens (including phenoxy) is 3. The Balaban J connectivity index is 1.46. The molecule has 0 aliphatic rings. The average molecular weight is 405 g/mol. The van der Waals surface area contributed by atoms with E-state index in [1.807, 2.05) is 79.7 Å². The Morgan fingerprint density at radius 3 is 2.24 bits per heavy atom. The predicted molar refractivity (Wildman–Crippen MR) is 113 cm³/mol. The lowest BCUT2D eigenvalue weighted by molar-refractivity contribution is -0.145. The third-order valence-corrected chi connectivity index (χ3v) is 5.11. The number of esters is 1. The Morgan fingerprint density at radius 1 is 0.897 bits per heavy atom. The SMILES string of the molecule is CC(=O)OC(C)c1ccc2nc(Oc3ccc(Oc4ccccc4)cc3)sc2c1. The van der Waals surface area contributed by atoms with Crippen LogP contribution in [0.2, 0.25) is 0 Å². The summed E-state index contributed by atoms with van der Waals surface area (Å²) in [6.45, 7) is 3.25. The van der Waals surface area contributed by atoms with Crippen molar-refractivity contribution in [3.8, 4) is 22.4 Å².